The summed E-state index contributed by atoms with van der Waals surface area (Å²) >= 11 is 1.31. The fraction of sp³-hybridized carbons (Fsp3) is 0.429. The predicted octanol–water partition coefficient (Wildman–Crippen LogP) is 4.28. The van der Waals surface area contributed by atoms with E-state index in [9.17, 15) is 13.2 Å². The van der Waals surface area contributed by atoms with Gasteiger partial charge in [0.15, 0.2) is 0 Å². The molecule has 1 heterocycles. The maximum Gasteiger partial charge on any atom is 0.416 e. The van der Waals surface area contributed by atoms with Crippen LogP contribution in [0.15, 0.2) is 24.3 Å². The van der Waals surface area contributed by atoms with Gasteiger partial charge in [-0.3, -0.25) is 0 Å². The minimum Gasteiger partial charge on any atom is -0.308 e. The largest absolute Gasteiger partial charge is 0.416 e. The number of benzene rings is 1. The Hall–Kier alpha value is -1.47. The third-order valence-corrected chi connectivity index (χ3v) is 4.10. The molecular formula is C14H16F3N3S. The SMILES string of the molecule is CCCNC(C)c1nnc(-c2cccc(C(F)(F)F)c2)s1. The summed E-state index contributed by atoms with van der Waals surface area (Å²) in [6.45, 7) is 4.89. The Morgan fingerprint density at radius 3 is 2.71 bits per heavy atom. The second kappa shape index (κ2) is 6.53. The number of nitrogens with zero attached hydrogens (tertiary/aromatic N) is 2. The van der Waals surface area contributed by atoms with Gasteiger partial charge in [0.2, 0.25) is 0 Å². The van der Waals surface area contributed by atoms with Gasteiger partial charge in [-0.1, -0.05) is 30.4 Å². The van der Waals surface area contributed by atoms with E-state index < -0.39 is 11.7 Å². The zero-order chi connectivity index (χ0) is 15.5. The van der Waals surface area contributed by atoms with Crippen LogP contribution in [0.2, 0.25) is 0 Å². The molecule has 7 heteroatoms. The molecule has 0 aliphatic heterocycles. The smallest absolute Gasteiger partial charge is 0.308 e. The average molecular weight is 315 g/mol. The molecular weight excluding hydrogens is 299 g/mol. The van der Waals surface area contributed by atoms with Crippen LogP contribution in [0.5, 0.6) is 0 Å². The lowest BCUT2D eigenvalue weighted by Gasteiger charge is -2.08. The van der Waals surface area contributed by atoms with Crippen LogP contribution in [-0.4, -0.2) is 16.7 Å². The molecule has 3 nitrogen and oxygen atoms in total. The number of hydrogen-bond acceptors (Lipinski definition) is 4. The van der Waals surface area contributed by atoms with E-state index in [0.29, 0.717) is 10.6 Å². The molecule has 0 aliphatic carbocycles. The molecule has 0 aliphatic rings. The summed E-state index contributed by atoms with van der Waals surface area (Å²) in [5.74, 6) is 0. The van der Waals surface area contributed by atoms with Crippen LogP contribution in [-0.2, 0) is 6.18 Å². The fourth-order valence-corrected chi connectivity index (χ4v) is 2.67. The third-order valence-electron chi connectivity index (χ3n) is 2.95. The van der Waals surface area contributed by atoms with Gasteiger partial charge in [0.1, 0.15) is 10.0 Å². The van der Waals surface area contributed by atoms with E-state index in [1.54, 1.807) is 6.07 Å². The Morgan fingerprint density at radius 1 is 1.29 bits per heavy atom. The number of aromatic nitrogens is 2. The van der Waals surface area contributed by atoms with Crippen LogP contribution < -0.4 is 5.32 Å². The number of halogens is 3. The van der Waals surface area contributed by atoms with Crippen molar-refractivity contribution in [2.24, 2.45) is 0 Å². The first-order valence-corrected chi connectivity index (χ1v) is 7.48. The molecule has 114 valence electrons. The highest BCUT2D eigenvalue weighted by Gasteiger charge is 2.30. The molecule has 0 fully saturated rings. The molecule has 0 saturated carbocycles. The first kappa shape index (κ1) is 15.9. The van der Waals surface area contributed by atoms with E-state index in [1.165, 1.54) is 17.4 Å². The minimum atomic E-state index is -4.35. The second-order valence-corrected chi connectivity index (χ2v) is 5.71. The molecule has 0 saturated heterocycles. The Morgan fingerprint density at radius 2 is 2.05 bits per heavy atom. The Labute approximate surface area is 125 Å². The van der Waals surface area contributed by atoms with E-state index in [1.807, 2.05) is 6.92 Å². The predicted molar refractivity (Wildman–Crippen MR) is 77.1 cm³/mol. The molecule has 0 spiro atoms. The van der Waals surface area contributed by atoms with Crippen LogP contribution in [0.4, 0.5) is 13.2 Å². The third kappa shape index (κ3) is 4.01. The molecule has 2 rings (SSSR count). The molecule has 1 N–H and O–H groups in total. The fourth-order valence-electron chi connectivity index (χ4n) is 1.80. The van der Waals surface area contributed by atoms with Crippen molar-refractivity contribution in [3.63, 3.8) is 0 Å². The first-order valence-electron chi connectivity index (χ1n) is 6.66. The summed E-state index contributed by atoms with van der Waals surface area (Å²) in [6, 6.07) is 5.20. The first-order chi connectivity index (χ1) is 9.91. The van der Waals surface area contributed by atoms with Crippen LogP contribution in [0.25, 0.3) is 10.6 Å². The Bertz CT molecular complexity index is 595. The van der Waals surface area contributed by atoms with Gasteiger partial charge in [0, 0.05) is 5.56 Å². The number of rotatable bonds is 5. The molecule has 0 bridgehead atoms. The van der Waals surface area contributed by atoms with Gasteiger partial charge >= 0.3 is 6.18 Å². The van der Waals surface area contributed by atoms with Crippen molar-refractivity contribution >= 4 is 11.3 Å². The van der Waals surface area contributed by atoms with Gasteiger partial charge in [-0.05, 0) is 32.0 Å². The Balaban J connectivity index is 2.22. The van der Waals surface area contributed by atoms with Gasteiger partial charge in [-0.25, -0.2) is 0 Å². The van der Waals surface area contributed by atoms with Crippen molar-refractivity contribution < 1.29 is 13.2 Å². The maximum absolute atomic E-state index is 12.7. The van der Waals surface area contributed by atoms with Gasteiger partial charge in [-0.2, -0.15) is 13.2 Å². The van der Waals surface area contributed by atoms with Gasteiger partial charge in [0.05, 0.1) is 11.6 Å². The van der Waals surface area contributed by atoms with Gasteiger partial charge in [0.25, 0.3) is 0 Å². The topological polar surface area (TPSA) is 37.8 Å². The highest BCUT2D eigenvalue weighted by atomic mass is 32.1. The van der Waals surface area contributed by atoms with Crippen LogP contribution in [0.1, 0.15) is 36.9 Å². The minimum absolute atomic E-state index is 0.0435. The molecule has 0 radical (unpaired) electrons. The molecule has 1 aromatic carbocycles. The summed E-state index contributed by atoms with van der Waals surface area (Å²) in [4.78, 5) is 0. The highest BCUT2D eigenvalue weighted by molar-refractivity contribution is 7.14. The van der Waals surface area contributed by atoms with Crippen molar-refractivity contribution in [3.05, 3.63) is 34.8 Å². The normalized spacial score (nSPS) is 13.4. The number of hydrogen-bond donors (Lipinski definition) is 1. The zero-order valence-corrected chi connectivity index (χ0v) is 12.6. The lowest BCUT2D eigenvalue weighted by atomic mass is 10.1. The van der Waals surface area contributed by atoms with Crippen LogP contribution in [0.3, 0.4) is 0 Å². The standard InChI is InChI=1S/C14H16F3N3S/c1-3-7-18-9(2)12-19-20-13(21-12)10-5-4-6-11(8-10)14(15,16)17/h4-6,8-9,18H,3,7H2,1-2H3. The van der Waals surface area contributed by atoms with Crippen LogP contribution in [0, 0.1) is 0 Å². The van der Waals surface area contributed by atoms with Gasteiger partial charge in [-0.15, -0.1) is 10.2 Å². The summed E-state index contributed by atoms with van der Waals surface area (Å²) in [5, 5.41) is 12.6. The molecule has 1 aromatic heterocycles. The molecule has 21 heavy (non-hydrogen) atoms. The quantitative estimate of drug-likeness (QED) is 0.894. The van der Waals surface area contributed by atoms with E-state index >= 15 is 0 Å². The average Bonchev–Trinajstić information content (AvgIpc) is 2.94. The zero-order valence-electron chi connectivity index (χ0n) is 11.7. The number of alkyl halides is 3. The second-order valence-electron chi connectivity index (χ2n) is 4.70. The van der Waals surface area contributed by atoms with Gasteiger partial charge < -0.3 is 5.32 Å². The van der Waals surface area contributed by atoms with E-state index in [-0.39, 0.29) is 6.04 Å². The van der Waals surface area contributed by atoms with Crippen molar-refractivity contribution in [2.75, 3.05) is 6.54 Å². The lowest BCUT2D eigenvalue weighted by Crippen LogP contribution is -2.18. The molecule has 0 amide bonds. The van der Waals surface area contributed by atoms with Crippen molar-refractivity contribution in [3.8, 4) is 10.6 Å². The molecule has 1 unspecified atom stereocenters. The van der Waals surface area contributed by atoms with Crippen molar-refractivity contribution in [2.45, 2.75) is 32.5 Å². The highest BCUT2D eigenvalue weighted by Crippen LogP contribution is 2.33. The molecule has 1 atom stereocenters. The molecule has 2 aromatic rings. The number of nitrogens with one attached hydrogen (secondary N) is 1. The monoisotopic (exact) mass is 315 g/mol. The summed E-state index contributed by atoms with van der Waals surface area (Å²) in [6.07, 6.45) is -3.34. The van der Waals surface area contributed by atoms with E-state index in [4.69, 9.17) is 0 Å². The maximum atomic E-state index is 12.7. The summed E-state index contributed by atoms with van der Waals surface area (Å²) in [5.41, 5.74) is -0.231. The van der Waals surface area contributed by atoms with Crippen LogP contribution >= 0.6 is 11.3 Å². The van der Waals surface area contributed by atoms with Crippen molar-refractivity contribution in [1.29, 1.82) is 0 Å². The van der Waals surface area contributed by atoms with Crippen molar-refractivity contribution in [1.82, 2.24) is 15.5 Å². The summed E-state index contributed by atoms with van der Waals surface area (Å²) < 4.78 is 38.1. The Kier molecular flexibility index (Phi) is 4.95. The lowest BCUT2D eigenvalue weighted by molar-refractivity contribution is -0.137. The summed E-state index contributed by atoms with van der Waals surface area (Å²) in [7, 11) is 0. The van der Waals surface area contributed by atoms with E-state index in [0.717, 1.165) is 30.1 Å². The van der Waals surface area contributed by atoms with E-state index in [2.05, 4.69) is 22.4 Å².